The minimum atomic E-state index is -1.15. The van der Waals surface area contributed by atoms with Gasteiger partial charge >= 0.3 is 29.8 Å². The van der Waals surface area contributed by atoms with Crippen LogP contribution in [0.2, 0.25) is 0 Å². The summed E-state index contributed by atoms with van der Waals surface area (Å²) in [6.07, 6.45) is 1.92. The predicted octanol–water partition coefficient (Wildman–Crippen LogP) is 2.80. The fourth-order valence-corrected chi connectivity index (χ4v) is 2.32. The van der Waals surface area contributed by atoms with E-state index in [1.54, 1.807) is 6.92 Å². The summed E-state index contributed by atoms with van der Waals surface area (Å²) in [4.78, 5) is 57.4. The molecule has 0 amide bonds. The van der Waals surface area contributed by atoms with Crippen molar-refractivity contribution in [1.29, 1.82) is 0 Å². The number of hydrogen-bond acceptors (Lipinski definition) is 9. The molecule has 2 atom stereocenters. The van der Waals surface area contributed by atoms with E-state index in [0.29, 0.717) is 38.7 Å². The minimum absolute atomic E-state index is 0.134. The van der Waals surface area contributed by atoms with Gasteiger partial charge in [0.05, 0.1) is 25.4 Å². The van der Waals surface area contributed by atoms with E-state index in [1.165, 1.54) is 0 Å². The monoisotopic (exact) mass is 460 g/mol. The van der Waals surface area contributed by atoms with Gasteiger partial charge in [-0.3, -0.25) is 24.0 Å². The van der Waals surface area contributed by atoms with Gasteiger partial charge in [0.1, 0.15) is 13.2 Å². The lowest BCUT2D eigenvalue weighted by Gasteiger charge is -2.19. The maximum Gasteiger partial charge on any atom is 0.308 e. The summed E-state index contributed by atoms with van der Waals surface area (Å²) in [6, 6.07) is 0. The molecule has 10 nitrogen and oxygen atoms in total. The van der Waals surface area contributed by atoms with Crippen LogP contribution in [0.25, 0.3) is 0 Å². The molecule has 0 aromatic heterocycles. The fraction of sp³-hybridized carbons (Fsp3) is 0.773. The van der Waals surface area contributed by atoms with Gasteiger partial charge in [-0.25, -0.2) is 0 Å². The highest BCUT2D eigenvalue weighted by Crippen LogP contribution is 2.08. The van der Waals surface area contributed by atoms with E-state index in [1.807, 2.05) is 13.8 Å². The maximum absolute atomic E-state index is 11.9. The van der Waals surface area contributed by atoms with Gasteiger partial charge < -0.3 is 24.1 Å². The van der Waals surface area contributed by atoms with Crippen LogP contribution in [0.15, 0.2) is 0 Å². The van der Waals surface area contributed by atoms with E-state index in [0.717, 1.165) is 6.42 Å². The summed E-state index contributed by atoms with van der Waals surface area (Å²) >= 11 is 0. The summed E-state index contributed by atoms with van der Waals surface area (Å²) in [7, 11) is 0. The normalized spacial score (nSPS) is 12.3. The van der Waals surface area contributed by atoms with Crippen molar-refractivity contribution in [2.24, 2.45) is 5.92 Å². The molecule has 0 aromatic carbocycles. The highest BCUT2D eigenvalue weighted by molar-refractivity contribution is 5.76. The number of unbranched alkanes of at least 4 members (excludes halogenated alkanes) is 2. The van der Waals surface area contributed by atoms with Crippen LogP contribution in [0.5, 0.6) is 0 Å². The van der Waals surface area contributed by atoms with Crippen molar-refractivity contribution >= 4 is 29.8 Å². The molecule has 0 aliphatic heterocycles. The molecule has 10 heteroatoms. The van der Waals surface area contributed by atoms with E-state index in [9.17, 15) is 24.0 Å². The highest BCUT2D eigenvalue weighted by atomic mass is 16.6. The molecule has 0 heterocycles. The number of carbonyl (C=O) groups excluding carboxylic acids is 4. The average Bonchev–Trinajstić information content (AvgIpc) is 2.75. The Morgan fingerprint density at radius 1 is 0.750 bits per heavy atom. The molecule has 0 bridgehead atoms. The van der Waals surface area contributed by atoms with Gasteiger partial charge in [0.15, 0.2) is 6.10 Å². The van der Waals surface area contributed by atoms with Crippen molar-refractivity contribution in [3.05, 3.63) is 0 Å². The smallest absolute Gasteiger partial charge is 0.308 e. The Labute approximate surface area is 188 Å². The summed E-state index contributed by atoms with van der Waals surface area (Å²) in [5, 5.41) is 8.65. The SMILES string of the molecule is CCCC(=O)OCCCCCC(=O)OCC(COC(=O)C(C)CC)OC(=O)CCC(=O)O. The molecular weight excluding hydrogens is 424 g/mol. The molecule has 2 unspecified atom stereocenters. The molecular formula is C22H36O10. The van der Waals surface area contributed by atoms with Gasteiger partial charge in [0, 0.05) is 12.8 Å². The number of rotatable bonds is 18. The van der Waals surface area contributed by atoms with Crippen LogP contribution in [-0.2, 0) is 42.9 Å². The highest BCUT2D eigenvalue weighted by Gasteiger charge is 2.21. The van der Waals surface area contributed by atoms with Gasteiger partial charge in [0.2, 0.25) is 0 Å². The largest absolute Gasteiger partial charge is 0.481 e. The molecule has 0 spiro atoms. The number of carboxylic acids is 1. The van der Waals surface area contributed by atoms with Crippen LogP contribution in [0.3, 0.4) is 0 Å². The Morgan fingerprint density at radius 3 is 2.03 bits per heavy atom. The molecule has 184 valence electrons. The second-order valence-corrected chi connectivity index (χ2v) is 7.41. The third-order valence-electron chi connectivity index (χ3n) is 4.44. The number of esters is 4. The lowest BCUT2D eigenvalue weighted by molar-refractivity contribution is -0.168. The first-order valence-corrected chi connectivity index (χ1v) is 11.1. The number of carbonyl (C=O) groups is 5. The van der Waals surface area contributed by atoms with Gasteiger partial charge in [-0.2, -0.15) is 0 Å². The van der Waals surface area contributed by atoms with E-state index in [4.69, 9.17) is 24.1 Å². The molecule has 0 saturated carbocycles. The van der Waals surface area contributed by atoms with Gasteiger partial charge in [-0.15, -0.1) is 0 Å². The van der Waals surface area contributed by atoms with Crippen LogP contribution in [0.4, 0.5) is 0 Å². The molecule has 1 N–H and O–H groups in total. The number of hydrogen-bond donors (Lipinski definition) is 1. The summed E-state index contributed by atoms with van der Waals surface area (Å²) in [6.45, 7) is 5.12. The van der Waals surface area contributed by atoms with E-state index >= 15 is 0 Å². The topological polar surface area (TPSA) is 142 Å². The molecule has 0 aliphatic carbocycles. The van der Waals surface area contributed by atoms with Crippen LogP contribution < -0.4 is 0 Å². The van der Waals surface area contributed by atoms with Crippen LogP contribution >= 0.6 is 0 Å². The van der Waals surface area contributed by atoms with Gasteiger partial charge in [0.25, 0.3) is 0 Å². The molecule has 0 fully saturated rings. The van der Waals surface area contributed by atoms with Crippen molar-refractivity contribution in [2.45, 2.75) is 84.7 Å². The molecule has 32 heavy (non-hydrogen) atoms. The van der Waals surface area contributed by atoms with Crippen molar-refractivity contribution in [1.82, 2.24) is 0 Å². The summed E-state index contributed by atoms with van der Waals surface area (Å²) < 4.78 is 20.4. The Balaban J connectivity index is 4.35. The minimum Gasteiger partial charge on any atom is -0.481 e. The first kappa shape index (κ1) is 29.4. The fourth-order valence-electron chi connectivity index (χ4n) is 2.32. The van der Waals surface area contributed by atoms with E-state index < -0.39 is 36.4 Å². The van der Waals surface area contributed by atoms with Crippen LogP contribution in [0.1, 0.15) is 78.6 Å². The van der Waals surface area contributed by atoms with Crippen molar-refractivity contribution in [3.63, 3.8) is 0 Å². The molecule has 0 aliphatic rings. The molecule has 0 saturated heterocycles. The molecule has 0 aromatic rings. The first-order chi connectivity index (χ1) is 15.2. The standard InChI is InChI=1S/C22H36O10/c1-4-9-19(25)29-13-8-6-7-10-20(26)30-14-17(15-31-22(28)16(3)5-2)32-21(27)12-11-18(23)24/h16-17H,4-15H2,1-3H3,(H,23,24). The second-order valence-electron chi connectivity index (χ2n) is 7.41. The zero-order valence-electron chi connectivity index (χ0n) is 19.3. The summed E-state index contributed by atoms with van der Waals surface area (Å²) in [5.41, 5.74) is 0. The summed E-state index contributed by atoms with van der Waals surface area (Å²) in [5.74, 6) is -3.47. The molecule has 0 rings (SSSR count). The van der Waals surface area contributed by atoms with Crippen molar-refractivity contribution in [2.75, 3.05) is 19.8 Å². The Morgan fingerprint density at radius 2 is 1.41 bits per heavy atom. The van der Waals surface area contributed by atoms with Crippen molar-refractivity contribution < 1.29 is 48.0 Å². The van der Waals surface area contributed by atoms with Gasteiger partial charge in [-0.1, -0.05) is 20.8 Å². The van der Waals surface area contributed by atoms with Crippen LogP contribution in [-0.4, -0.2) is 60.9 Å². The lowest BCUT2D eigenvalue weighted by atomic mass is 10.1. The third kappa shape index (κ3) is 16.1. The first-order valence-electron chi connectivity index (χ1n) is 11.1. The van der Waals surface area contributed by atoms with Crippen molar-refractivity contribution in [3.8, 4) is 0 Å². The van der Waals surface area contributed by atoms with Crippen LogP contribution in [0, 0.1) is 5.92 Å². The maximum atomic E-state index is 11.9. The lowest BCUT2D eigenvalue weighted by Crippen LogP contribution is -2.32. The quantitative estimate of drug-likeness (QED) is 0.184. The number of ether oxygens (including phenoxy) is 4. The average molecular weight is 461 g/mol. The van der Waals surface area contributed by atoms with E-state index in [2.05, 4.69) is 0 Å². The Hall–Kier alpha value is -2.65. The zero-order chi connectivity index (χ0) is 24.4. The van der Waals surface area contributed by atoms with Gasteiger partial charge in [-0.05, 0) is 32.1 Å². The molecule has 0 radical (unpaired) electrons. The van der Waals surface area contributed by atoms with E-state index in [-0.39, 0.29) is 37.9 Å². The Kier molecular flexibility index (Phi) is 16.5. The number of carboxylic acid groups (broad SMARTS) is 1. The third-order valence-corrected chi connectivity index (χ3v) is 4.44. The second kappa shape index (κ2) is 18.0. The number of aliphatic carboxylic acids is 1. The zero-order valence-corrected chi connectivity index (χ0v) is 19.3. The Bertz CT molecular complexity index is 602. The predicted molar refractivity (Wildman–Crippen MR) is 112 cm³/mol.